The van der Waals surface area contributed by atoms with Crippen molar-refractivity contribution < 1.29 is 5.11 Å². The number of pyridine rings is 1. The summed E-state index contributed by atoms with van der Waals surface area (Å²) >= 11 is 0. The van der Waals surface area contributed by atoms with Crippen LogP contribution in [0.5, 0.6) is 0 Å². The SMILES string of the molecule is CCC1CN(C)CCCN1c1ccc([C@H](C)O)nc1. The first kappa shape index (κ1) is 14.3. The highest BCUT2D eigenvalue weighted by atomic mass is 16.3. The molecule has 1 fully saturated rings. The molecule has 1 N–H and O–H groups in total. The van der Waals surface area contributed by atoms with Crippen molar-refractivity contribution in [1.29, 1.82) is 0 Å². The zero-order valence-corrected chi connectivity index (χ0v) is 12.2. The summed E-state index contributed by atoms with van der Waals surface area (Å²) in [6.07, 6.45) is 3.73. The quantitative estimate of drug-likeness (QED) is 0.906. The van der Waals surface area contributed by atoms with Gasteiger partial charge in [-0.15, -0.1) is 0 Å². The first-order valence-corrected chi connectivity index (χ1v) is 7.21. The van der Waals surface area contributed by atoms with Crippen molar-refractivity contribution in [2.75, 3.05) is 31.6 Å². The highest BCUT2D eigenvalue weighted by Gasteiger charge is 2.22. The van der Waals surface area contributed by atoms with Gasteiger partial charge in [-0.1, -0.05) is 6.92 Å². The zero-order chi connectivity index (χ0) is 13.8. The third-order valence-corrected chi connectivity index (χ3v) is 3.90. The molecule has 1 aliphatic rings. The molecule has 0 amide bonds. The monoisotopic (exact) mass is 263 g/mol. The van der Waals surface area contributed by atoms with Crippen LogP contribution in [0.15, 0.2) is 18.3 Å². The van der Waals surface area contributed by atoms with E-state index in [0.29, 0.717) is 6.04 Å². The second kappa shape index (κ2) is 6.35. The van der Waals surface area contributed by atoms with Crippen molar-refractivity contribution in [2.45, 2.75) is 38.8 Å². The normalized spacial score (nSPS) is 23.2. The third kappa shape index (κ3) is 3.45. The minimum atomic E-state index is -0.494. The fourth-order valence-corrected chi connectivity index (χ4v) is 2.75. The van der Waals surface area contributed by atoms with Crippen LogP contribution in [-0.2, 0) is 0 Å². The molecule has 0 spiro atoms. The molecule has 2 atom stereocenters. The Labute approximate surface area is 116 Å². The molecule has 1 saturated heterocycles. The fraction of sp³-hybridized carbons (Fsp3) is 0.667. The minimum absolute atomic E-state index is 0.494. The topological polar surface area (TPSA) is 39.6 Å². The molecule has 0 aliphatic carbocycles. The summed E-state index contributed by atoms with van der Waals surface area (Å²) in [7, 11) is 2.20. The Morgan fingerprint density at radius 1 is 1.42 bits per heavy atom. The molecule has 0 bridgehead atoms. The standard InChI is InChI=1S/C15H25N3O/c1-4-13-11-17(3)8-5-9-18(13)14-6-7-15(12(2)19)16-10-14/h6-7,10,12-13,19H,4-5,8-9,11H2,1-3H3/t12-,13?/m0/s1. The molecule has 1 aliphatic heterocycles. The number of aliphatic hydroxyl groups excluding tert-OH is 1. The van der Waals surface area contributed by atoms with Gasteiger partial charge in [0.1, 0.15) is 0 Å². The average molecular weight is 263 g/mol. The lowest BCUT2D eigenvalue weighted by atomic mass is 10.1. The highest BCUT2D eigenvalue weighted by Crippen LogP contribution is 2.22. The van der Waals surface area contributed by atoms with Gasteiger partial charge in [0.25, 0.3) is 0 Å². The average Bonchev–Trinajstić information content (AvgIpc) is 2.60. The molecule has 2 heterocycles. The summed E-state index contributed by atoms with van der Waals surface area (Å²) in [6, 6.07) is 4.57. The van der Waals surface area contributed by atoms with Gasteiger partial charge >= 0.3 is 0 Å². The smallest absolute Gasteiger partial charge is 0.0931 e. The number of rotatable bonds is 3. The molecule has 4 heteroatoms. The summed E-state index contributed by atoms with van der Waals surface area (Å²) in [4.78, 5) is 9.24. The molecule has 0 saturated carbocycles. The molecular formula is C15H25N3O. The van der Waals surface area contributed by atoms with E-state index in [2.05, 4.69) is 34.8 Å². The first-order chi connectivity index (χ1) is 9.11. The second-order valence-corrected chi connectivity index (χ2v) is 5.49. The van der Waals surface area contributed by atoms with Crippen molar-refractivity contribution in [3.63, 3.8) is 0 Å². The fourth-order valence-electron chi connectivity index (χ4n) is 2.75. The van der Waals surface area contributed by atoms with Crippen molar-refractivity contribution in [3.05, 3.63) is 24.0 Å². The van der Waals surface area contributed by atoms with E-state index < -0.39 is 6.10 Å². The third-order valence-electron chi connectivity index (χ3n) is 3.90. The second-order valence-electron chi connectivity index (χ2n) is 5.49. The Balaban J connectivity index is 2.17. The Bertz CT molecular complexity index is 391. The number of hydrogen-bond acceptors (Lipinski definition) is 4. The molecule has 1 aromatic heterocycles. The van der Waals surface area contributed by atoms with E-state index in [-0.39, 0.29) is 0 Å². The van der Waals surface area contributed by atoms with Crippen LogP contribution in [0.25, 0.3) is 0 Å². The summed E-state index contributed by atoms with van der Waals surface area (Å²) in [6.45, 7) is 7.34. The summed E-state index contributed by atoms with van der Waals surface area (Å²) in [5.41, 5.74) is 1.91. The van der Waals surface area contributed by atoms with Crippen LogP contribution in [0.4, 0.5) is 5.69 Å². The Kier molecular flexibility index (Phi) is 4.77. The van der Waals surface area contributed by atoms with Crippen LogP contribution >= 0.6 is 0 Å². The van der Waals surface area contributed by atoms with Gasteiger partial charge in [-0.25, -0.2) is 0 Å². The van der Waals surface area contributed by atoms with Gasteiger partial charge in [0.05, 0.1) is 23.7 Å². The molecule has 1 aromatic rings. The zero-order valence-electron chi connectivity index (χ0n) is 12.2. The highest BCUT2D eigenvalue weighted by molar-refractivity contribution is 5.46. The maximum atomic E-state index is 9.52. The Morgan fingerprint density at radius 2 is 2.21 bits per heavy atom. The number of aliphatic hydroxyl groups is 1. The lowest BCUT2D eigenvalue weighted by Gasteiger charge is -2.32. The van der Waals surface area contributed by atoms with E-state index in [0.717, 1.165) is 31.7 Å². The lowest BCUT2D eigenvalue weighted by molar-refractivity contribution is 0.194. The van der Waals surface area contributed by atoms with E-state index in [1.54, 1.807) is 6.92 Å². The molecule has 106 valence electrons. The van der Waals surface area contributed by atoms with Gasteiger partial charge in [0.15, 0.2) is 0 Å². The maximum absolute atomic E-state index is 9.52. The van der Waals surface area contributed by atoms with Crippen LogP contribution in [0, 0.1) is 0 Å². The summed E-state index contributed by atoms with van der Waals surface area (Å²) < 4.78 is 0. The molecule has 1 unspecified atom stereocenters. The van der Waals surface area contributed by atoms with E-state index in [4.69, 9.17) is 0 Å². The Morgan fingerprint density at radius 3 is 2.79 bits per heavy atom. The number of anilines is 1. The molecule has 0 aromatic carbocycles. The van der Waals surface area contributed by atoms with Crippen molar-refractivity contribution in [3.8, 4) is 0 Å². The number of likely N-dealkylation sites (N-methyl/N-ethyl adjacent to an activating group) is 1. The first-order valence-electron chi connectivity index (χ1n) is 7.21. The van der Waals surface area contributed by atoms with Crippen LogP contribution in [0.2, 0.25) is 0 Å². The predicted octanol–water partition coefficient (Wildman–Crippen LogP) is 2.06. The maximum Gasteiger partial charge on any atom is 0.0931 e. The number of nitrogens with zero attached hydrogens (tertiary/aromatic N) is 3. The van der Waals surface area contributed by atoms with Crippen LogP contribution < -0.4 is 4.90 Å². The number of aromatic nitrogens is 1. The molecule has 4 nitrogen and oxygen atoms in total. The predicted molar refractivity (Wildman–Crippen MR) is 78.4 cm³/mol. The minimum Gasteiger partial charge on any atom is -0.387 e. The largest absolute Gasteiger partial charge is 0.387 e. The summed E-state index contributed by atoms with van der Waals surface area (Å²) in [5, 5.41) is 9.52. The van der Waals surface area contributed by atoms with Gasteiger partial charge in [-0.2, -0.15) is 0 Å². The lowest BCUT2D eigenvalue weighted by Crippen LogP contribution is -2.39. The van der Waals surface area contributed by atoms with Gasteiger partial charge in [-0.05, 0) is 45.5 Å². The van der Waals surface area contributed by atoms with Gasteiger partial charge in [0.2, 0.25) is 0 Å². The Hall–Kier alpha value is -1.13. The van der Waals surface area contributed by atoms with E-state index in [9.17, 15) is 5.11 Å². The summed E-state index contributed by atoms with van der Waals surface area (Å²) in [5.74, 6) is 0. The molecule has 19 heavy (non-hydrogen) atoms. The number of hydrogen-bond donors (Lipinski definition) is 1. The van der Waals surface area contributed by atoms with Crippen LogP contribution in [-0.4, -0.2) is 47.7 Å². The van der Waals surface area contributed by atoms with Crippen molar-refractivity contribution in [1.82, 2.24) is 9.88 Å². The van der Waals surface area contributed by atoms with E-state index in [1.807, 2.05) is 12.3 Å². The molecular weight excluding hydrogens is 238 g/mol. The van der Waals surface area contributed by atoms with Crippen molar-refractivity contribution in [2.24, 2.45) is 0 Å². The van der Waals surface area contributed by atoms with Crippen LogP contribution in [0.3, 0.4) is 0 Å². The molecule has 0 radical (unpaired) electrons. The van der Waals surface area contributed by atoms with Gasteiger partial charge in [-0.3, -0.25) is 4.98 Å². The van der Waals surface area contributed by atoms with E-state index >= 15 is 0 Å². The van der Waals surface area contributed by atoms with Crippen LogP contribution in [0.1, 0.15) is 38.5 Å². The van der Waals surface area contributed by atoms with Crippen molar-refractivity contribution >= 4 is 5.69 Å². The van der Waals surface area contributed by atoms with Gasteiger partial charge < -0.3 is 14.9 Å². The van der Waals surface area contributed by atoms with E-state index in [1.165, 1.54) is 12.1 Å². The van der Waals surface area contributed by atoms with Gasteiger partial charge in [0, 0.05) is 19.1 Å². The molecule has 2 rings (SSSR count).